The molecule has 0 amide bonds. The van der Waals surface area contributed by atoms with Crippen LogP contribution >= 0.6 is 0 Å². The van der Waals surface area contributed by atoms with E-state index < -0.39 is 48.9 Å². The van der Waals surface area contributed by atoms with Gasteiger partial charge in [-0.05, 0) is 0 Å². The first-order valence-corrected chi connectivity index (χ1v) is 5.58. The highest BCUT2D eigenvalue weighted by molar-refractivity contribution is 5.22. The highest BCUT2D eigenvalue weighted by Crippen LogP contribution is 2.32. The van der Waals surface area contributed by atoms with Crippen LogP contribution in [0.5, 0.6) is 0 Å². The first kappa shape index (κ1) is 13.9. The van der Waals surface area contributed by atoms with Gasteiger partial charge in [-0.1, -0.05) is 0 Å². The second-order valence-electron chi connectivity index (χ2n) is 4.22. The van der Waals surface area contributed by atoms with E-state index in [1.54, 1.807) is 0 Å². The molecule has 1 saturated heterocycles. The topological polar surface area (TPSA) is 156 Å². The van der Waals surface area contributed by atoms with Crippen molar-refractivity contribution in [2.45, 2.75) is 31.0 Å². The summed E-state index contributed by atoms with van der Waals surface area (Å²) in [6, 6.07) is 0. The molecular weight excluding hydrogens is 260 g/mol. The molecule has 0 unspecified atom stereocenters. The lowest BCUT2D eigenvalue weighted by Crippen LogP contribution is -2.35. The minimum Gasteiger partial charge on any atom is -0.394 e. The zero-order valence-electron chi connectivity index (χ0n) is 9.74. The van der Waals surface area contributed by atoms with E-state index in [-0.39, 0.29) is 11.3 Å². The summed E-state index contributed by atoms with van der Waals surface area (Å²) in [7, 11) is 0. The van der Waals surface area contributed by atoms with Crippen LogP contribution in [0.25, 0.3) is 0 Å². The highest BCUT2D eigenvalue weighted by atomic mass is 16.6. The van der Waals surface area contributed by atoms with Crippen LogP contribution in [-0.4, -0.2) is 55.3 Å². The SMILES string of the molecule is O=c1[nH]c(CO)c([C@@H]2O[C@H](CO)[C@@H](O)[C@H]2O)c(=O)[nH]1. The monoisotopic (exact) mass is 274 g/mol. The predicted octanol–water partition coefficient (Wildman–Crippen LogP) is -3.29. The van der Waals surface area contributed by atoms with Gasteiger partial charge in [-0.15, -0.1) is 0 Å². The van der Waals surface area contributed by atoms with Crippen molar-refractivity contribution in [3.8, 4) is 0 Å². The minimum absolute atomic E-state index is 0.108. The fourth-order valence-electron chi connectivity index (χ4n) is 2.11. The van der Waals surface area contributed by atoms with Crippen LogP contribution in [-0.2, 0) is 11.3 Å². The maximum absolute atomic E-state index is 11.7. The molecule has 1 aromatic rings. The number of aliphatic hydroxyl groups is 4. The van der Waals surface area contributed by atoms with Crippen molar-refractivity contribution in [1.82, 2.24) is 9.97 Å². The Kier molecular flexibility index (Phi) is 3.83. The van der Waals surface area contributed by atoms with Crippen LogP contribution in [0.4, 0.5) is 0 Å². The van der Waals surface area contributed by atoms with E-state index in [0.29, 0.717) is 0 Å². The minimum atomic E-state index is -1.45. The van der Waals surface area contributed by atoms with Crippen molar-refractivity contribution in [3.05, 3.63) is 32.1 Å². The summed E-state index contributed by atoms with van der Waals surface area (Å²) < 4.78 is 5.18. The Bertz CT molecular complexity index is 566. The van der Waals surface area contributed by atoms with Gasteiger partial charge in [0, 0.05) is 0 Å². The Morgan fingerprint density at radius 3 is 2.32 bits per heavy atom. The Balaban J connectivity index is 2.48. The fourth-order valence-corrected chi connectivity index (χ4v) is 2.11. The van der Waals surface area contributed by atoms with E-state index in [1.165, 1.54) is 0 Å². The third-order valence-electron chi connectivity index (χ3n) is 3.05. The molecule has 1 aromatic heterocycles. The second kappa shape index (κ2) is 5.23. The summed E-state index contributed by atoms with van der Waals surface area (Å²) in [6.45, 7) is -1.18. The van der Waals surface area contributed by atoms with Gasteiger partial charge < -0.3 is 30.1 Å². The van der Waals surface area contributed by atoms with Gasteiger partial charge in [0.05, 0.1) is 24.5 Å². The van der Waals surface area contributed by atoms with Crippen LogP contribution < -0.4 is 11.2 Å². The van der Waals surface area contributed by atoms with Crippen LogP contribution in [0, 0.1) is 0 Å². The second-order valence-corrected chi connectivity index (χ2v) is 4.22. The highest BCUT2D eigenvalue weighted by Gasteiger charge is 2.45. The summed E-state index contributed by atoms with van der Waals surface area (Å²) in [5.41, 5.74) is -1.92. The van der Waals surface area contributed by atoms with E-state index in [0.717, 1.165) is 0 Å². The van der Waals surface area contributed by atoms with Crippen LogP contribution in [0.15, 0.2) is 9.59 Å². The molecule has 0 aliphatic carbocycles. The van der Waals surface area contributed by atoms with Crippen molar-refractivity contribution in [1.29, 1.82) is 0 Å². The molecule has 4 atom stereocenters. The Morgan fingerprint density at radius 1 is 1.11 bits per heavy atom. The zero-order valence-corrected chi connectivity index (χ0v) is 9.74. The van der Waals surface area contributed by atoms with Crippen molar-refractivity contribution in [2.75, 3.05) is 6.61 Å². The molecule has 9 heteroatoms. The Morgan fingerprint density at radius 2 is 1.79 bits per heavy atom. The van der Waals surface area contributed by atoms with Crippen molar-refractivity contribution >= 4 is 0 Å². The fraction of sp³-hybridized carbons (Fsp3) is 0.600. The van der Waals surface area contributed by atoms with E-state index in [1.807, 2.05) is 4.98 Å². The lowest BCUT2D eigenvalue weighted by atomic mass is 10.0. The number of nitrogens with one attached hydrogen (secondary N) is 2. The smallest absolute Gasteiger partial charge is 0.325 e. The molecule has 0 saturated carbocycles. The lowest BCUT2D eigenvalue weighted by molar-refractivity contribution is -0.0238. The number of aliphatic hydroxyl groups excluding tert-OH is 4. The summed E-state index contributed by atoms with van der Waals surface area (Å²) in [5, 5.41) is 37.5. The Labute approximate surface area is 106 Å². The van der Waals surface area contributed by atoms with Gasteiger partial charge in [0.1, 0.15) is 24.4 Å². The normalized spacial score (nSPS) is 30.7. The third-order valence-corrected chi connectivity index (χ3v) is 3.05. The summed E-state index contributed by atoms with van der Waals surface area (Å²) in [5.74, 6) is 0. The molecular formula is C10H14N2O7. The first-order valence-electron chi connectivity index (χ1n) is 5.58. The molecule has 2 rings (SSSR count). The number of aromatic amines is 2. The van der Waals surface area contributed by atoms with Crippen molar-refractivity contribution in [3.63, 3.8) is 0 Å². The molecule has 0 spiro atoms. The van der Waals surface area contributed by atoms with Crippen LogP contribution in [0.3, 0.4) is 0 Å². The molecule has 1 aliphatic rings. The molecule has 9 nitrogen and oxygen atoms in total. The molecule has 1 aliphatic heterocycles. The van der Waals surface area contributed by atoms with Gasteiger partial charge in [0.15, 0.2) is 0 Å². The maximum Gasteiger partial charge on any atom is 0.325 e. The summed E-state index contributed by atoms with van der Waals surface area (Å²) in [4.78, 5) is 27.0. The molecule has 19 heavy (non-hydrogen) atoms. The average Bonchev–Trinajstić information content (AvgIpc) is 2.65. The molecule has 6 N–H and O–H groups in total. The number of ether oxygens (including phenoxy) is 1. The van der Waals surface area contributed by atoms with Gasteiger partial charge >= 0.3 is 5.69 Å². The number of aromatic nitrogens is 2. The van der Waals surface area contributed by atoms with Crippen LogP contribution in [0.2, 0.25) is 0 Å². The number of H-pyrrole nitrogens is 2. The maximum atomic E-state index is 11.7. The molecule has 0 radical (unpaired) electrons. The van der Waals surface area contributed by atoms with Gasteiger partial charge in [-0.2, -0.15) is 0 Å². The third kappa shape index (κ3) is 2.33. The molecule has 2 heterocycles. The molecule has 0 bridgehead atoms. The van der Waals surface area contributed by atoms with Gasteiger partial charge in [-0.3, -0.25) is 9.78 Å². The van der Waals surface area contributed by atoms with E-state index in [9.17, 15) is 19.8 Å². The summed E-state index contributed by atoms with van der Waals surface area (Å²) >= 11 is 0. The van der Waals surface area contributed by atoms with E-state index in [2.05, 4.69) is 4.98 Å². The predicted molar refractivity (Wildman–Crippen MR) is 60.3 cm³/mol. The number of hydrogen-bond acceptors (Lipinski definition) is 7. The lowest BCUT2D eigenvalue weighted by Gasteiger charge is -2.16. The summed E-state index contributed by atoms with van der Waals surface area (Å²) in [6.07, 6.45) is -5.10. The number of rotatable bonds is 3. The molecule has 0 aromatic carbocycles. The van der Waals surface area contributed by atoms with Crippen molar-refractivity contribution in [2.24, 2.45) is 0 Å². The largest absolute Gasteiger partial charge is 0.394 e. The molecule has 1 fully saturated rings. The van der Waals surface area contributed by atoms with E-state index in [4.69, 9.17) is 14.9 Å². The zero-order chi connectivity index (χ0) is 14.2. The quantitative estimate of drug-likeness (QED) is 0.337. The molecule has 106 valence electrons. The van der Waals surface area contributed by atoms with Gasteiger partial charge in [0.25, 0.3) is 5.56 Å². The van der Waals surface area contributed by atoms with Crippen molar-refractivity contribution < 1.29 is 25.2 Å². The van der Waals surface area contributed by atoms with Gasteiger partial charge in [0.2, 0.25) is 0 Å². The van der Waals surface area contributed by atoms with Crippen LogP contribution in [0.1, 0.15) is 17.4 Å². The number of hydrogen-bond donors (Lipinski definition) is 6. The average molecular weight is 274 g/mol. The first-order chi connectivity index (χ1) is 8.99. The van der Waals surface area contributed by atoms with E-state index >= 15 is 0 Å². The standard InChI is InChI=1S/C10H14N2O7/c13-1-3-5(9(17)12-10(18)11-3)8-7(16)6(15)4(2-14)19-8/h4,6-8,13-16H,1-2H2,(H2,11,12,17,18)/t4-,6-,7-,8+/m1/s1. The Hall–Kier alpha value is -1.52. The van der Waals surface area contributed by atoms with Gasteiger partial charge in [-0.25, -0.2) is 4.79 Å².